The van der Waals surface area contributed by atoms with Crippen molar-refractivity contribution in [1.82, 2.24) is 4.90 Å². The van der Waals surface area contributed by atoms with Crippen molar-refractivity contribution in [3.05, 3.63) is 33.9 Å². The van der Waals surface area contributed by atoms with Crippen LogP contribution in [0.25, 0.3) is 0 Å². The Balaban J connectivity index is 2.36. The summed E-state index contributed by atoms with van der Waals surface area (Å²) in [5.74, 6) is -1.42. The second kappa shape index (κ2) is 5.78. The molecule has 1 N–H and O–H groups in total. The van der Waals surface area contributed by atoms with Crippen molar-refractivity contribution < 1.29 is 19.6 Å². The highest BCUT2D eigenvalue weighted by atomic mass is 16.6. The van der Waals surface area contributed by atoms with Crippen LogP contribution in [-0.4, -0.2) is 53.5 Å². The number of likely N-dealkylation sites (N-methyl/N-ethyl adjacent to an activating group) is 1. The van der Waals surface area contributed by atoms with Crippen LogP contribution in [0.4, 0.5) is 11.4 Å². The number of carboxylic acids is 1. The number of amides is 1. The predicted octanol–water partition coefficient (Wildman–Crippen LogP) is 0.961. The first-order valence-corrected chi connectivity index (χ1v) is 6.41. The van der Waals surface area contributed by atoms with Crippen molar-refractivity contribution in [2.75, 3.05) is 31.6 Å². The van der Waals surface area contributed by atoms with E-state index in [0.717, 1.165) is 6.42 Å². The van der Waals surface area contributed by atoms with Gasteiger partial charge in [-0.05, 0) is 18.6 Å². The number of aromatic carboxylic acids is 1. The minimum atomic E-state index is -1.35. The van der Waals surface area contributed by atoms with Crippen molar-refractivity contribution in [3.63, 3.8) is 0 Å². The Labute approximate surface area is 120 Å². The molecular formula is C13H15N3O5. The summed E-state index contributed by atoms with van der Waals surface area (Å²) in [6, 6.07) is 3.91. The van der Waals surface area contributed by atoms with Crippen LogP contribution in [0.5, 0.6) is 0 Å². The number of carbonyl (C=O) groups excluding carboxylic acids is 1. The van der Waals surface area contributed by atoms with Gasteiger partial charge in [-0.3, -0.25) is 14.9 Å². The van der Waals surface area contributed by atoms with Crippen LogP contribution in [0.2, 0.25) is 0 Å². The summed E-state index contributed by atoms with van der Waals surface area (Å²) in [6.45, 7) is 1.34. The van der Waals surface area contributed by atoms with E-state index in [4.69, 9.17) is 5.11 Å². The van der Waals surface area contributed by atoms with Crippen LogP contribution in [0.15, 0.2) is 18.2 Å². The van der Waals surface area contributed by atoms with E-state index >= 15 is 0 Å². The van der Waals surface area contributed by atoms with Crippen LogP contribution >= 0.6 is 0 Å². The maximum absolute atomic E-state index is 11.8. The number of nitrogens with zero attached hydrogens (tertiary/aromatic N) is 3. The lowest BCUT2D eigenvalue weighted by atomic mass is 10.1. The molecule has 21 heavy (non-hydrogen) atoms. The predicted molar refractivity (Wildman–Crippen MR) is 74.5 cm³/mol. The number of rotatable bonds is 3. The van der Waals surface area contributed by atoms with Crippen LogP contribution < -0.4 is 4.90 Å². The lowest BCUT2D eigenvalue weighted by molar-refractivity contribution is -0.385. The molecule has 0 spiro atoms. The molecule has 0 bridgehead atoms. The summed E-state index contributed by atoms with van der Waals surface area (Å²) < 4.78 is 0. The average molecular weight is 293 g/mol. The molecule has 0 unspecified atom stereocenters. The van der Waals surface area contributed by atoms with Gasteiger partial charge in [0.2, 0.25) is 5.91 Å². The van der Waals surface area contributed by atoms with Crippen molar-refractivity contribution in [1.29, 1.82) is 0 Å². The molecule has 1 heterocycles. The first-order chi connectivity index (χ1) is 9.90. The van der Waals surface area contributed by atoms with Gasteiger partial charge in [-0.2, -0.15) is 0 Å². The molecule has 1 aromatic rings. The third-order valence-electron chi connectivity index (χ3n) is 3.45. The number of nitro groups is 1. The number of hydrogen-bond donors (Lipinski definition) is 1. The van der Waals surface area contributed by atoms with Crippen LogP contribution in [-0.2, 0) is 4.79 Å². The summed E-state index contributed by atoms with van der Waals surface area (Å²) in [6.07, 6.45) is 0.747. The van der Waals surface area contributed by atoms with E-state index in [2.05, 4.69) is 0 Å². The zero-order valence-electron chi connectivity index (χ0n) is 11.5. The zero-order valence-corrected chi connectivity index (χ0v) is 11.5. The maximum atomic E-state index is 11.8. The lowest BCUT2D eigenvalue weighted by Crippen LogP contribution is -2.34. The second-order valence-corrected chi connectivity index (χ2v) is 4.85. The maximum Gasteiger partial charge on any atom is 0.342 e. The van der Waals surface area contributed by atoms with E-state index in [1.165, 1.54) is 18.2 Å². The third kappa shape index (κ3) is 3.10. The van der Waals surface area contributed by atoms with Gasteiger partial charge in [0.1, 0.15) is 5.56 Å². The quantitative estimate of drug-likeness (QED) is 0.657. The van der Waals surface area contributed by atoms with Gasteiger partial charge in [0, 0.05) is 31.9 Å². The number of carboxylic acid groups (broad SMARTS) is 1. The Morgan fingerprint density at radius 3 is 2.71 bits per heavy atom. The summed E-state index contributed by atoms with van der Waals surface area (Å²) in [5, 5.41) is 20.0. The molecular weight excluding hydrogens is 278 g/mol. The van der Waals surface area contributed by atoms with Gasteiger partial charge in [0.25, 0.3) is 5.69 Å². The highest BCUT2D eigenvalue weighted by Gasteiger charge is 2.24. The molecule has 1 saturated heterocycles. The van der Waals surface area contributed by atoms with E-state index in [9.17, 15) is 19.7 Å². The highest BCUT2D eigenvalue weighted by molar-refractivity contribution is 5.93. The minimum absolute atomic E-state index is 0.0718. The molecule has 0 aliphatic carbocycles. The summed E-state index contributed by atoms with van der Waals surface area (Å²) in [7, 11) is 1.71. The number of benzene rings is 1. The van der Waals surface area contributed by atoms with Crippen molar-refractivity contribution in [2.24, 2.45) is 0 Å². The lowest BCUT2D eigenvalue weighted by Gasteiger charge is -2.21. The first kappa shape index (κ1) is 14.8. The number of carbonyl (C=O) groups is 2. The average Bonchev–Trinajstić information content (AvgIpc) is 2.60. The molecule has 0 atom stereocenters. The van der Waals surface area contributed by atoms with Gasteiger partial charge in [0.15, 0.2) is 0 Å². The molecule has 1 aliphatic heterocycles. The highest BCUT2D eigenvalue weighted by Crippen LogP contribution is 2.26. The fraction of sp³-hybridized carbons (Fsp3) is 0.385. The summed E-state index contributed by atoms with van der Waals surface area (Å²) in [4.78, 5) is 36.4. The topological polar surface area (TPSA) is 104 Å². The van der Waals surface area contributed by atoms with E-state index in [1.807, 2.05) is 0 Å². The van der Waals surface area contributed by atoms with Gasteiger partial charge in [-0.1, -0.05) is 0 Å². The first-order valence-electron chi connectivity index (χ1n) is 6.41. The van der Waals surface area contributed by atoms with Crippen LogP contribution in [0.1, 0.15) is 16.8 Å². The Hall–Kier alpha value is -2.64. The molecule has 0 radical (unpaired) electrons. The van der Waals surface area contributed by atoms with Gasteiger partial charge in [0.05, 0.1) is 11.5 Å². The normalized spacial score (nSPS) is 15.8. The van der Waals surface area contributed by atoms with E-state index in [-0.39, 0.29) is 18.0 Å². The van der Waals surface area contributed by atoms with Crippen molar-refractivity contribution in [3.8, 4) is 0 Å². The van der Waals surface area contributed by atoms with E-state index in [1.54, 1.807) is 16.8 Å². The Morgan fingerprint density at radius 1 is 1.38 bits per heavy atom. The molecule has 0 saturated carbocycles. The van der Waals surface area contributed by atoms with Gasteiger partial charge in [-0.15, -0.1) is 0 Å². The zero-order chi connectivity index (χ0) is 15.6. The Bertz CT molecular complexity index is 601. The third-order valence-corrected chi connectivity index (χ3v) is 3.45. The smallest absolute Gasteiger partial charge is 0.342 e. The fourth-order valence-electron chi connectivity index (χ4n) is 2.26. The van der Waals surface area contributed by atoms with Crippen molar-refractivity contribution in [2.45, 2.75) is 6.42 Å². The molecule has 1 aromatic carbocycles. The molecule has 1 amide bonds. The monoisotopic (exact) mass is 293 g/mol. The Morgan fingerprint density at radius 2 is 2.10 bits per heavy atom. The van der Waals surface area contributed by atoms with E-state index in [0.29, 0.717) is 18.8 Å². The second-order valence-electron chi connectivity index (χ2n) is 4.85. The standard InChI is InChI=1S/C13H15N3O5/c1-14-5-2-6-15(8-12(14)17)9-3-4-10(13(18)19)11(7-9)16(20)21/h3-4,7H,2,5-6,8H2,1H3,(H,18,19). The number of nitro benzene ring substituents is 1. The van der Waals surface area contributed by atoms with Crippen LogP contribution in [0, 0.1) is 10.1 Å². The minimum Gasteiger partial charge on any atom is -0.477 e. The molecule has 8 nitrogen and oxygen atoms in total. The van der Waals surface area contributed by atoms with Crippen molar-refractivity contribution >= 4 is 23.3 Å². The molecule has 1 aliphatic rings. The Kier molecular flexibility index (Phi) is 4.06. The fourth-order valence-corrected chi connectivity index (χ4v) is 2.26. The molecule has 112 valence electrons. The number of hydrogen-bond acceptors (Lipinski definition) is 5. The number of anilines is 1. The summed E-state index contributed by atoms with van der Waals surface area (Å²) in [5.41, 5.74) is -0.345. The van der Waals surface area contributed by atoms with E-state index < -0.39 is 16.6 Å². The molecule has 0 aromatic heterocycles. The SMILES string of the molecule is CN1CCCN(c2ccc(C(=O)O)c([N+](=O)[O-])c2)CC1=O. The molecule has 8 heteroatoms. The summed E-state index contributed by atoms with van der Waals surface area (Å²) >= 11 is 0. The van der Waals surface area contributed by atoms with Gasteiger partial charge in [-0.25, -0.2) is 4.79 Å². The van der Waals surface area contributed by atoms with Crippen LogP contribution in [0.3, 0.4) is 0 Å². The largest absolute Gasteiger partial charge is 0.477 e. The van der Waals surface area contributed by atoms with Gasteiger partial charge >= 0.3 is 5.97 Å². The molecule has 1 fully saturated rings. The van der Waals surface area contributed by atoms with Gasteiger partial charge < -0.3 is 14.9 Å². The molecule has 2 rings (SSSR count).